The van der Waals surface area contributed by atoms with E-state index in [1.807, 2.05) is 72.8 Å². The number of allylic oxidation sites excluding steroid dienone is 1. The van der Waals surface area contributed by atoms with Crippen LogP contribution in [0.1, 0.15) is 27.0 Å². The fourth-order valence-electron chi connectivity index (χ4n) is 7.50. The smallest absolute Gasteiger partial charge is 0.188 e. The molecule has 2 spiro atoms. The number of hydrogen-bond donors (Lipinski definition) is 7. The lowest BCUT2D eigenvalue weighted by atomic mass is 9.84. The topological polar surface area (TPSA) is 141 Å². The minimum absolute atomic E-state index is 0.0607. The second kappa shape index (κ2) is 9.98. The molecule has 0 saturated carbocycles. The molecule has 0 amide bonds. The zero-order chi connectivity index (χ0) is 32.6. The van der Waals surface area contributed by atoms with Crippen LogP contribution in [0.4, 0.5) is 34.1 Å². The van der Waals surface area contributed by atoms with Gasteiger partial charge in [0.05, 0.1) is 11.3 Å². The van der Waals surface area contributed by atoms with E-state index in [0.717, 1.165) is 50.2 Å². The van der Waals surface area contributed by atoms with Gasteiger partial charge in [0, 0.05) is 56.0 Å². The summed E-state index contributed by atoms with van der Waals surface area (Å²) < 4.78 is 0. The molecule has 8 nitrogen and oxygen atoms in total. The van der Waals surface area contributed by atoms with Gasteiger partial charge >= 0.3 is 0 Å². The molecule has 9 N–H and O–H groups in total. The Morgan fingerprint density at radius 3 is 1.54 bits per heavy atom. The summed E-state index contributed by atoms with van der Waals surface area (Å²) in [6.07, 6.45) is 7.50. The molecule has 2 aliphatic carbocycles. The highest BCUT2D eigenvalue weighted by atomic mass is 16.1. The average molecular weight is 626 g/mol. The maximum Gasteiger partial charge on any atom is 0.188 e. The highest BCUT2D eigenvalue weighted by Crippen LogP contribution is 2.45. The standard InChI is InChI=1S/C20H16N4.C20H15N3O/c21-14-7-1-4-13-10-11-20(19(22)17(13)14)23-15-8-2-5-12-6-3-9-16(24-20)18(12)15;21-14-7-3-6-13-19(14)17(24)10-11-20(13)22-15-8-1-4-12-5-2-9-16(23-20)18(12)15/h1-11,22-24H,21H2;1-11,22-23H,21H2. The molecule has 0 atom stereocenters. The van der Waals surface area contributed by atoms with Crippen LogP contribution in [0.5, 0.6) is 0 Å². The van der Waals surface area contributed by atoms with Gasteiger partial charge in [0.15, 0.2) is 17.1 Å². The summed E-state index contributed by atoms with van der Waals surface area (Å²) in [4.78, 5) is 12.3. The summed E-state index contributed by atoms with van der Waals surface area (Å²) in [6.45, 7) is 0. The molecule has 0 bridgehead atoms. The summed E-state index contributed by atoms with van der Waals surface area (Å²) >= 11 is 0. The van der Waals surface area contributed by atoms with E-state index in [2.05, 4.69) is 69.8 Å². The predicted octanol–water partition coefficient (Wildman–Crippen LogP) is 7.92. The Kier molecular flexibility index (Phi) is 5.77. The molecule has 0 unspecified atom stereocenters. The molecule has 6 aromatic rings. The molecule has 0 aromatic heterocycles. The van der Waals surface area contributed by atoms with Crippen molar-refractivity contribution in [3.8, 4) is 0 Å². The summed E-state index contributed by atoms with van der Waals surface area (Å²) in [6, 6.07) is 36.1. The van der Waals surface area contributed by atoms with Crippen LogP contribution in [0.2, 0.25) is 0 Å². The van der Waals surface area contributed by atoms with Crippen molar-refractivity contribution in [2.24, 2.45) is 0 Å². The van der Waals surface area contributed by atoms with Gasteiger partial charge in [-0.25, -0.2) is 0 Å². The Balaban J connectivity index is 0.000000131. The van der Waals surface area contributed by atoms with Crippen molar-refractivity contribution in [1.29, 1.82) is 5.41 Å². The van der Waals surface area contributed by atoms with Gasteiger partial charge in [0.2, 0.25) is 0 Å². The minimum Gasteiger partial charge on any atom is -0.398 e. The van der Waals surface area contributed by atoms with Crippen molar-refractivity contribution in [2.75, 3.05) is 32.7 Å². The molecule has 48 heavy (non-hydrogen) atoms. The lowest BCUT2D eigenvalue weighted by Gasteiger charge is -2.42. The molecule has 232 valence electrons. The van der Waals surface area contributed by atoms with Gasteiger partial charge in [-0.3, -0.25) is 10.2 Å². The monoisotopic (exact) mass is 625 g/mol. The highest BCUT2D eigenvalue weighted by molar-refractivity contribution is 6.20. The first-order valence-electron chi connectivity index (χ1n) is 15.8. The highest BCUT2D eigenvalue weighted by Gasteiger charge is 2.41. The van der Waals surface area contributed by atoms with Gasteiger partial charge in [-0.05, 0) is 71.0 Å². The number of nitrogen functional groups attached to an aromatic ring is 2. The third kappa shape index (κ3) is 3.96. The molecule has 6 aromatic carbocycles. The minimum atomic E-state index is -0.787. The second-order valence-corrected chi connectivity index (χ2v) is 12.5. The molecule has 8 heteroatoms. The van der Waals surface area contributed by atoms with E-state index in [9.17, 15) is 4.79 Å². The van der Waals surface area contributed by atoms with E-state index in [0.29, 0.717) is 22.6 Å². The Morgan fingerprint density at radius 1 is 0.521 bits per heavy atom. The third-order valence-electron chi connectivity index (χ3n) is 9.68. The fraction of sp³-hybridized carbons (Fsp3) is 0.0500. The lowest BCUT2D eigenvalue weighted by molar-refractivity contribution is 0.104. The van der Waals surface area contributed by atoms with Crippen LogP contribution < -0.4 is 32.7 Å². The Bertz CT molecular complexity index is 2360. The molecule has 2 aliphatic heterocycles. The maximum absolute atomic E-state index is 12.3. The quantitative estimate of drug-likeness (QED) is 0.0851. The number of ketones is 1. The van der Waals surface area contributed by atoms with Gasteiger partial charge in [-0.2, -0.15) is 0 Å². The van der Waals surface area contributed by atoms with Crippen LogP contribution in [-0.4, -0.2) is 17.2 Å². The van der Waals surface area contributed by atoms with Gasteiger partial charge in [0.25, 0.3) is 0 Å². The summed E-state index contributed by atoms with van der Waals surface area (Å²) in [5.74, 6) is -0.0607. The SMILES string of the molecule is N=C1c2c(N)cccc2C=CC12Nc1cccc3cccc(c13)N2.Nc1cccc2c1C(=O)C=CC21Nc2cccc3cccc(c23)N1. The molecule has 0 radical (unpaired) electrons. The number of rotatable bonds is 0. The van der Waals surface area contributed by atoms with Crippen molar-refractivity contribution in [1.82, 2.24) is 0 Å². The summed E-state index contributed by atoms with van der Waals surface area (Å²) in [5.41, 5.74) is 19.6. The van der Waals surface area contributed by atoms with Gasteiger partial charge < -0.3 is 32.7 Å². The normalized spacial score (nSPS) is 16.6. The van der Waals surface area contributed by atoms with Crippen LogP contribution in [0.3, 0.4) is 0 Å². The number of nitrogens with one attached hydrogen (secondary N) is 5. The van der Waals surface area contributed by atoms with Crippen molar-refractivity contribution in [3.05, 3.63) is 150 Å². The third-order valence-corrected chi connectivity index (χ3v) is 9.68. The van der Waals surface area contributed by atoms with Gasteiger partial charge in [0.1, 0.15) is 0 Å². The zero-order valence-corrected chi connectivity index (χ0v) is 25.8. The van der Waals surface area contributed by atoms with E-state index in [1.54, 1.807) is 12.1 Å². The number of nitrogens with two attached hydrogens (primary N) is 2. The van der Waals surface area contributed by atoms with E-state index < -0.39 is 11.3 Å². The van der Waals surface area contributed by atoms with E-state index in [-0.39, 0.29) is 5.78 Å². The van der Waals surface area contributed by atoms with Crippen LogP contribution in [0.25, 0.3) is 27.6 Å². The number of fused-ring (bicyclic) bond motifs is 3. The maximum atomic E-state index is 12.3. The van der Waals surface area contributed by atoms with Crippen LogP contribution >= 0.6 is 0 Å². The Hall–Kier alpha value is -6.54. The first-order chi connectivity index (χ1) is 23.4. The van der Waals surface area contributed by atoms with Gasteiger partial charge in [-0.1, -0.05) is 78.9 Å². The first kappa shape index (κ1) is 27.7. The number of benzene rings is 6. The lowest BCUT2D eigenvalue weighted by Crippen LogP contribution is -2.54. The van der Waals surface area contributed by atoms with E-state index in [4.69, 9.17) is 16.9 Å². The van der Waals surface area contributed by atoms with Crippen molar-refractivity contribution < 1.29 is 4.79 Å². The largest absolute Gasteiger partial charge is 0.398 e. The van der Waals surface area contributed by atoms with Crippen molar-refractivity contribution in [3.63, 3.8) is 0 Å². The van der Waals surface area contributed by atoms with Crippen LogP contribution in [0, 0.1) is 5.41 Å². The van der Waals surface area contributed by atoms with E-state index in [1.165, 1.54) is 10.8 Å². The number of anilines is 6. The van der Waals surface area contributed by atoms with E-state index >= 15 is 0 Å². The fourth-order valence-corrected chi connectivity index (χ4v) is 7.50. The average Bonchev–Trinajstić information content (AvgIpc) is 3.09. The number of carbonyl (C=O) groups is 1. The van der Waals surface area contributed by atoms with Crippen LogP contribution in [-0.2, 0) is 5.66 Å². The van der Waals surface area contributed by atoms with Gasteiger partial charge in [-0.15, -0.1) is 0 Å². The van der Waals surface area contributed by atoms with Crippen molar-refractivity contribution in [2.45, 2.75) is 11.3 Å². The number of hydrogen-bond acceptors (Lipinski definition) is 8. The number of carbonyl (C=O) groups excluding carboxylic acids is 1. The Morgan fingerprint density at radius 2 is 0.979 bits per heavy atom. The first-order valence-corrected chi connectivity index (χ1v) is 15.8. The summed E-state index contributed by atoms with van der Waals surface area (Å²) in [5, 5.41) is 27.7. The molecule has 0 saturated heterocycles. The molecule has 2 heterocycles. The Labute approximate surface area is 276 Å². The van der Waals surface area contributed by atoms with Crippen molar-refractivity contribution >= 4 is 73.2 Å². The predicted molar refractivity (Wildman–Crippen MR) is 198 cm³/mol. The molecule has 10 rings (SSSR count). The molecular weight excluding hydrogens is 594 g/mol. The molecule has 0 fully saturated rings. The molecule has 4 aliphatic rings. The molecular formula is C40H31N7O. The zero-order valence-electron chi connectivity index (χ0n) is 25.8. The van der Waals surface area contributed by atoms with Crippen LogP contribution in [0.15, 0.2) is 127 Å². The second-order valence-electron chi connectivity index (χ2n) is 12.5. The summed E-state index contributed by atoms with van der Waals surface area (Å²) in [7, 11) is 0.